The summed E-state index contributed by atoms with van der Waals surface area (Å²) in [5.41, 5.74) is 10.8. The predicted octanol–water partition coefficient (Wildman–Crippen LogP) is -0.774. The third-order valence-electron chi connectivity index (χ3n) is 4.21. The van der Waals surface area contributed by atoms with Gasteiger partial charge in [-0.3, -0.25) is 14.6 Å². The van der Waals surface area contributed by atoms with E-state index >= 15 is 0 Å². The van der Waals surface area contributed by atoms with E-state index in [4.69, 9.17) is 16.2 Å². The highest BCUT2D eigenvalue weighted by Crippen LogP contribution is 2.22. The third-order valence-corrected chi connectivity index (χ3v) is 4.21. The molecule has 10 nitrogen and oxygen atoms in total. The molecule has 4 atom stereocenters. The number of nitrogens with two attached hydrogens (primary N) is 2. The number of carbonyl (C=O) groups excluding carboxylic acids is 1. The molecule has 0 amide bonds. The Labute approximate surface area is 145 Å². The van der Waals surface area contributed by atoms with Crippen molar-refractivity contribution in [2.45, 2.75) is 44.9 Å². The zero-order chi connectivity index (χ0) is 18.6. The Bertz CT molecular complexity index is 664. The van der Waals surface area contributed by atoms with Crippen LogP contribution in [-0.2, 0) is 9.53 Å². The van der Waals surface area contributed by atoms with Crippen LogP contribution in [0.15, 0.2) is 4.79 Å². The van der Waals surface area contributed by atoms with Gasteiger partial charge in [0.2, 0.25) is 5.95 Å². The Hall–Kier alpha value is -2.33. The van der Waals surface area contributed by atoms with E-state index in [9.17, 15) is 14.7 Å². The fourth-order valence-corrected chi connectivity index (χ4v) is 2.55. The SMILES string of the molecule is CC(CN)CCC(=O)OC(C)C(O)C1CNc2nc(N)[nH]c(=O)c2N1. The van der Waals surface area contributed by atoms with Crippen LogP contribution in [0.4, 0.5) is 17.5 Å². The molecule has 0 aromatic carbocycles. The van der Waals surface area contributed by atoms with Gasteiger partial charge in [-0.25, -0.2) is 0 Å². The lowest BCUT2D eigenvalue weighted by Crippen LogP contribution is -2.49. The summed E-state index contributed by atoms with van der Waals surface area (Å²) in [6, 6.07) is -0.523. The molecule has 4 unspecified atom stereocenters. The number of aromatic amines is 1. The summed E-state index contributed by atoms with van der Waals surface area (Å²) in [7, 11) is 0. The van der Waals surface area contributed by atoms with Crippen molar-refractivity contribution in [2.75, 3.05) is 29.5 Å². The average molecular weight is 354 g/mol. The lowest BCUT2D eigenvalue weighted by molar-refractivity contribution is -0.154. The fraction of sp³-hybridized carbons (Fsp3) is 0.667. The van der Waals surface area contributed by atoms with Gasteiger partial charge < -0.3 is 31.9 Å². The molecule has 0 radical (unpaired) electrons. The Morgan fingerprint density at radius 1 is 1.48 bits per heavy atom. The molecule has 25 heavy (non-hydrogen) atoms. The van der Waals surface area contributed by atoms with E-state index in [0.29, 0.717) is 25.3 Å². The number of hydrogen-bond acceptors (Lipinski definition) is 9. The van der Waals surface area contributed by atoms with E-state index in [1.54, 1.807) is 6.92 Å². The van der Waals surface area contributed by atoms with Crippen LogP contribution in [0.25, 0.3) is 0 Å². The van der Waals surface area contributed by atoms with Crippen molar-refractivity contribution in [3.8, 4) is 0 Å². The first kappa shape index (κ1) is 19.0. The second-order valence-corrected chi connectivity index (χ2v) is 6.37. The Kier molecular flexibility index (Phi) is 6.21. The molecule has 2 heterocycles. The van der Waals surface area contributed by atoms with Crippen molar-refractivity contribution >= 4 is 23.4 Å². The molecule has 0 fully saturated rings. The predicted molar refractivity (Wildman–Crippen MR) is 94.2 cm³/mol. The number of nitrogens with zero attached hydrogens (tertiary/aromatic N) is 1. The number of carbonyl (C=O) groups is 1. The third kappa shape index (κ3) is 4.83. The number of nitrogens with one attached hydrogen (secondary N) is 3. The van der Waals surface area contributed by atoms with E-state index in [0.717, 1.165) is 0 Å². The molecule has 10 heteroatoms. The number of aliphatic hydroxyl groups is 1. The highest BCUT2D eigenvalue weighted by molar-refractivity contribution is 5.70. The van der Waals surface area contributed by atoms with Crippen molar-refractivity contribution < 1.29 is 14.6 Å². The van der Waals surface area contributed by atoms with Gasteiger partial charge in [0, 0.05) is 13.0 Å². The molecule has 0 spiro atoms. The van der Waals surface area contributed by atoms with Crippen LogP contribution < -0.4 is 27.7 Å². The van der Waals surface area contributed by atoms with E-state index in [1.165, 1.54) is 0 Å². The summed E-state index contributed by atoms with van der Waals surface area (Å²) in [4.78, 5) is 30.1. The normalized spacial score (nSPS) is 19.8. The molecule has 0 saturated carbocycles. The van der Waals surface area contributed by atoms with Gasteiger partial charge in [0.05, 0.1) is 6.04 Å². The molecule has 0 saturated heterocycles. The minimum absolute atomic E-state index is 0.00561. The lowest BCUT2D eigenvalue weighted by Gasteiger charge is -2.32. The summed E-state index contributed by atoms with van der Waals surface area (Å²) in [5.74, 6) is 0.180. The van der Waals surface area contributed by atoms with Crippen LogP contribution in [0.5, 0.6) is 0 Å². The van der Waals surface area contributed by atoms with Crippen molar-refractivity contribution in [1.82, 2.24) is 9.97 Å². The molecule has 8 N–H and O–H groups in total. The second kappa shape index (κ2) is 8.17. The zero-order valence-electron chi connectivity index (χ0n) is 14.4. The van der Waals surface area contributed by atoms with Gasteiger partial charge in [0.1, 0.15) is 17.9 Å². The maximum atomic E-state index is 11.9. The van der Waals surface area contributed by atoms with Crippen LogP contribution in [-0.4, -0.2) is 52.4 Å². The average Bonchev–Trinajstić information content (AvgIpc) is 2.58. The largest absolute Gasteiger partial charge is 0.460 e. The number of esters is 1. The summed E-state index contributed by atoms with van der Waals surface area (Å²) < 4.78 is 5.28. The van der Waals surface area contributed by atoms with Crippen molar-refractivity contribution in [1.29, 1.82) is 0 Å². The van der Waals surface area contributed by atoms with Crippen LogP contribution >= 0.6 is 0 Å². The monoisotopic (exact) mass is 354 g/mol. The fourth-order valence-electron chi connectivity index (χ4n) is 2.55. The summed E-state index contributed by atoms with van der Waals surface area (Å²) in [5, 5.41) is 16.3. The number of hydrogen-bond donors (Lipinski definition) is 6. The van der Waals surface area contributed by atoms with E-state index < -0.39 is 23.8 Å². The quantitative estimate of drug-likeness (QED) is 0.344. The molecule has 2 rings (SSSR count). The number of H-pyrrole nitrogens is 1. The molecule has 1 aliphatic rings. The van der Waals surface area contributed by atoms with Crippen molar-refractivity contribution in [3.63, 3.8) is 0 Å². The van der Waals surface area contributed by atoms with Crippen LogP contribution in [0.2, 0.25) is 0 Å². The Morgan fingerprint density at radius 2 is 2.20 bits per heavy atom. The first-order valence-corrected chi connectivity index (χ1v) is 8.29. The maximum absolute atomic E-state index is 11.9. The minimum atomic E-state index is -1.01. The van der Waals surface area contributed by atoms with Crippen LogP contribution in [0, 0.1) is 5.92 Å². The van der Waals surface area contributed by atoms with Gasteiger partial charge in [0.15, 0.2) is 5.82 Å². The minimum Gasteiger partial charge on any atom is -0.460 e. The number of nitrogen functional groups attached to an aromatic ring is 1. The first-order chi connectivity index (χ1) is 11.8. The molecule has 1 aromatic rings. The van der Waals surface area contributed by atoms with Gasteiger partial charge in [0.25, 0.3) is 5.56 Å². The van der Waals surface area contributed by atoms with Crippen LogP contribution in [0.1, 0.15) is 26.7 Å². The first-order valence-electron chi connectivity index (χ1n) is 8.29. The number of aromatic nitrogens is 2. The van der Waals surface area contributed by atoms with Gasteiger partial charge in [-0.15, -0.1) is 0 Å². The number of ether oxygens (including phenoxy) is 1. The number of aliphatic hydroxyl groups excluding tert-OH is 1. The highest BCUT2D eigenvalue weighted by atomic mass is 16.6. The van der Waals surface area contributed by atoms with Crippen LogP contribution in [0.3, 0.4) is 0 Å². The Morgan fingerprint density at radius 3 is 2.88 bits per heavy atom. The van der Waals surface area contributed by atoms with Crippen molar-refractivity contribution in [2.24, 2.45) is 11.7 Å². The summed E-state index contributed by atoms with van der Waals surface area (Å²) in [6.45, 7) is 4.38. The molecule has 0 bridgehead atoms. The van der Waals surface area contributed by atoms with Gasteiger partial charge >= 0.3 is 5.97 Å². The molecular formula is C15H26N6O4. The van der Waals surface area contributed by atoms with Gasteiger partial charge in [-0.05, 0) is 25.8 Å². The summed E-state index contributed by atoms with van der Waals surface area (Å²) in [6.07, 6.45) is -0.856. The number of anilines is 3. The molecule has 0 aliphatic carbocycles. The summed E-state index contributed by atoms with van der Waals surface area (Å²) >= 11 is 0. The highest BCUT2D eigenvalue weighted by Gasteiger charge is 2.32. The molecule has 1 aromatic heterocycles. The smallest absolute Gasteiger partial charge is 0.306 e. The second-order valence-electron chi connectivity index (χ2n) is 6.37. The molecular weight excluding hydrogens is 328 g/mol. The standard InChI is InChI=1S/C15H26N6O4/c1-7(5-16)3-4-10(22)25-8(2)12(23)9-6-18-13-11(19-9)14(24)21-15(17)20-13/h7-9,12,19,23H,3-6,16H2,1-2H3,(H4,17,18,20,21,24). The number of fused-ring (bicyclic) bond motifs is 1. The van der Waals surface area contributed by atoms with Gasteiger partial charge in [-0.2, -0.15) is 4.98 Å². The van der Waals surface area contributed by atoms with E-state index in [2.05, 4.69) is 20.6 Å². The lowest BCUT2D eigenvalue weighted by atomic mass is 10.0. The van der Waals surface area contributed by atoms with Gasteiger partial charge in [-0.1, -0.05) is 6.92 Å². The topological polar surface area (TPSA) is 168 Å². The van der Waals surface area contributed by atoms with E-state index in [-0.39, 0.29) is 29.9 Å². The van der Waals surface area contributed by atoms with E-state index in [1.807, 2.05) is 6.92 Å². The van der Waals surface area contributed by atoms with Crippen molar-refractivity contribution in [3.05, 3.63) is 10.4 Å². The number of rotatable bonds is 7. The zero-order valence-corrected chi connectivity index (χ0v) is 14.4. The molecule has 140 valence electrons. The maximum Gasteiger partial charge on any atom is 0.306 e. The Balaban J connectivity index is 1.93. The molecule has 1 aliphatic heterocycles.